The molecule has 1 aliphatic rings. The molecular formula is C24H28N4O6S. The molecule has 5 N–H and O–H groups in total. The average molecular weight is 503 g/mol. The van der Waals surface area contributed by atoms with Crippen LogP contribution in [0.5, 0.6) is 5.75 Å². The van der Waals surface area contributed by atoms with E-state index in [9.17, 15) is 23.1 Å². The zero-order valence-corrected chi connectivity index (χ0v) is 19.7. The summed E-state index contributed by atoms with van der Waals surface area (Å²) in [5.74, 6) is -1.22. The molecule has 11 heteroatoms. The van der Waals surface area contributed by atoms with Gasteiger partial charge in [0.25, 0.3) is 5.91 Å². The van der Waals surface area contributed by atoms with Gasteiger partial charge in [0, 0.05) is 17.4 Å². The maximum absolute atomic E-state index is 12.7. The van der Waals surface area contributed by atoms with Crippen LogP contribution in [-0.2, 0) is 14.8 Å². The number of aliphatic carboxylic acids is 1. The van der Waals surface area contributed by atoms with E-state index in [1.165, 1.54) is 30.3 Å². The van der Waals surface area contributed by atoms with Gasteiger partial charge in [-0.2, -0.15) is 4.72 Å². The van der Waals surface area contributed by atoms with Gasteiger partial charge in [-0.25, -0.2) is 8.42 Å². The van der Waals surface area contributed by atoms with Crippen molar-refractivity contribution in [2.24, 2.45) is 5.92 Å². The predicted molar refractivity (Wildman–Crippen MR) is 130 cm³/mol. The molecule has 1 amide bonds. The Kier molecular flexibility index (Phi) is 7.26. The number of benzene rings is 2. The molecule has 0 bridgehead atoms. The molecule has 0 aliphatic carbocycles. The number of amides is 1. The van der Waals surface area contributed by atoms with Gasteiger partial charge in [-0.1, -0.05) is 18.2 Å². The summed E-state index contributed by atoms with van der Waals surface area (Å²) in [6.07, 6.45) is 2.03. The largest absolute Gasteiger partial charge is 0.493 e. The summed E-state index contributed by atoms with van der Waals surface area (Å²) in [4.78, 5) is 27.2. The van der Waals surface area contributed by atoms with Gasteiger partial charge < -0.3 is 25.5 Å². The van der Waals surface area contributed by atoms with Crippen molar-refractivity contribution in [2.75, 3.05) is 26.2 Å². The highest BCUT2D eigenvalue weighted by Gasteiger charge is 2.26. The van der Waals surface area contributed by atoms with Crippen LogP contribution in [0.25, 0.3) is 10.9 Å². The first-order valence-electron chi connectivity index (χ1n) is 11.8. The molecule has 1 aromatic heterocycles. The number of H-pyrrole nitrogens is 1. The van der Waals surface area contributed by atoms with Crippen LogP contribution in [0.4, 0.5) is 0 Å². The molecule has 1 atom stereocenters. The van der Waals surface area contributed by atoms with Gasteiger partial charge in [-0.3, -0.25) is 9.59 Å². The quantitative estimate of drug-likeness (QED) is 0.283. The Morgan fingerprint density at radius 1 is 1.17 bits per heavy atom. The number of carboxylic acid groups (broad SMARTS) is 1. The van der Waals surface area contributed by atoms with E-state index in [0.717, 1.165) is 25.9 Å². The van der Waals surface area contributed by atoms with Crippen LogP contribution >= 0.6 is 0 Å². The summed E-state index contributed by atoms with van der Waals surface area (Å²) in [6, 6.07) is 10.8. The first kappa shape index (κ1) is 23.3. The second-order valence-electron chi connectivity index (χ2n) is 8.37. The third-order valence-electron chi connectivity index (χ3n) is 5.80. The molecule has 2 heterocycles. The molecule has 186 valence electrons. The summed E-state index contributed by atoms with van der Waals surface area (Å²) in [5, 5.41) is 15.7. The molecule has 0 saturated carbocycles. The number of carboxylic acids is 1. The van der Waals surface area contributed by atoms with Crippen LogP contribution in [-0.4, -0.2) is 62.7 Å². The van der Waals surface area contributed by atoms with E-state index in [-0.39, 0.29) is 16.6 Å². The zero-order chi connectivity index (χ0) is 25.7. The van der Waals surface area contributed by atoms with Gasteiger partial charge >= 0.3 is 5.97 Å². The van der Waals surface area contributed by atoms with Gasteiger partial charge in [-0.15, -0.1) is 0 Å². The van der Waals surface area contributed by atoms with E-state index >= 15 is 0 Å². The third kappa shape index (κ3) is 6.38. The van der Waals surface area contributed by atoms with E-state index in [4.69, 9.17) is 6.11 Å². The summed E-state index contributed by atoms with van der Waals surface area (Å²) in [5.41, 5.74) is 0.669. The second kappa shape index (κ2) is 10.9. The fourth-order valence-electron chi connectivity index (χ4n) is 3.83. The van der Waals surface area contributed by atoms with Gasteiger partial charge in [0.15, 0.2) is 0 Å². The number of nitrogens with one attached hydrogen (secondary N) is 4. The van der Waals surface area contributed by atoms with Crippen molar-refractivity contribution in [1.29, 1.82) is 0 Å². The molecule has 1 saturated heterocycles. The van der Waals surface area contributed by atoms with Gasteiger partial charge in [0.1, 0.15) is 17.5 Å². The van der Waals surface area contributed by atoms with Gasteiger partial charge in [-0.05, 0) is 68.2 Å². The third-order valence-corrected chi connectivity index (χ3v) is 7.29. The normalized spacial score (nSPS) is 15.9. The van der Waals surface area contributed by atoms with Crippen molar-refractivity contribution in [1.82, 2.24) is 20.3 Å². The first-order valence-corrected chi connectivity index (χ1v) is 12.8. The minimum absolute atomic E-state index is 0.0839. The smallest absolute Gasteiger partial charge is 0.323 e. The molecule has 1 fully saturated rings. The monoisotopic (exact) mass is 502 g/mol. The fourth-order valence-corrected chi connectivity index (χ4v) is 5.04. The van der Waals surface area contributed by atoms with Crippen LogP contribution in [0.15, 0.2) is 59.5 Å². The number of fused-ring (bicyclic) bond motifs is 1. The topological polar surface area (TPSA) is 150 Å². The maximum atomic E-state index is 12.7. The minimum Gasteiger partial charge on any atom is -0.493 e. The highest BCUT2D eigenvalue weighted by atomic mass is 32.2. The Hall–Kier alpha value is -3.41. The van der Waals surface area contributed by atoms with Crippen LogP contribution < -0.4 is 20.1 Å². The molecule has 4 rings (SSSR count). The number of piperidine rings is 1. The lowest BCUT2D eigenvalue weighted by Gasteiger charge is -2.22. The zero-order valence-electron chi connectivity index (χ0n) is 19.9. The van der Waals surface area contributed by atoms with Crippen LogP contribution in [0.3, 0.4) is 0 Å². The summed E-state index contributed by atoms with van der Waals surface area (Å²) >= 11 is 0. The summed E-state index contributed by atoms with van der Waals surface area (Å²) in [6.45, 7) is 1.95. The van der Waals surface area contributed by atoms with E-state index < -0.39 is 34.5 Å². The van der Waals surface area contributed by atoms with Gasteiger partial charge in [0.2, 0.25) is 10.0 Å². The van der Waals surface area contributed by atoms with Crippen molar-refractivity contribution < 1.29 is 29.2 Å². The maximum Gasteiger partial charge on any atom is 0.323 e. The number of rotatable bonds is 10. The SMILES string of the molecule is [3H]c1c(OCC2CCNCC2)ccc2[nH]c(C(=O)NC[C@H](NS(=O)(=O)c3ccccc3)C(=O)O)cc12. The molecule has 0 spiro atoms. The van der Waals surface area contributed by atoms with Crippen LogP contribution in [0.2, 0.25) is 0 Å². The summed E-state index contributed by atoms with van der Waals surface area (Å²) in [7, 11) is -4.09. The van der Waals surface area contributed by atoms with Gasteiger partial charge in [0.05, 0.1) is 12.9 Å². The lowest BCUT2D eigenvalue weighted by Crippen LogP contribution is -2.48. The predicted octanol–water partition coefficient (Wildman–Crippen LogP) is 1.71. The molecule has 0 radical (unpaired) electrons. The highest BCUT2D eigenvalue weighted by molar-refractivity contribution is 7.89. The highest BCUT2D eigenvalue weighted by Crippen LogP contribution is 2.23. The molecule has 1 aliphatic heterocycles. The Morgan fingerprint density at radius 2 is 1.91 bits per heavy atom. The van der Waals surface area contributed by atoms with Crippen LogP contribution in [0.1, 0.15) is 24.7 Å². The van der Waals surface area contributed by atoms with E-state index in [1.807, 2.05) is 0 Å². The minimum atomic E-state index is -4.09. The van der Waals surface area contributed by atoms with E-state index in [0.29, 0.717) is 29.2 Å². The van der Waals surface area contributed by atoms with Crippen molar-refractivity contribution >= 4 is 32.8 Å². The molecule has 2 aromatic carbocycles. The second-order valence-corrected chi connectivity index (χ2v) is 10.1. The molecule has 0 unspecified atom stereocenters. The van der Waals surface area contributed by atoms with E-state index in [2.05, 4.69) is 20.3 Å². The number of carbonyl (C=O) groups excluding carboxylic acids is 1. The number of hydrogen-bond acceptors (Lipinski definition) is 6. The number of aromatic nitrogens is 1. The molecular weight excluding hydrogens is 472 g/mol. The summed E-state index contributed by atoms with van der Waals surface area (Å²) < 4.78 is 41.4. The van der Waals surface area contributed by atoms with Crippen molar-refractivity contribution in [3.63, 3.8) is 0 Å². The van der Waals surface area contributed by atoms with E-state index in [1.54, 1.807) is 18.2 Å². The van der Waals surface area contributed by atoms with Crippen molar-refractivity contribution in [3.8, 4) is 5.75 Å². The lowest BCUT2D eigenvalue weighted by molar-refractivity contribution is -0.138. The van der Waals surface area contributed by atoms with Crippen LogP contribution in [0, 0.1) is 5.92 Å². The van der Waals surface area contributed by atoms with Crippen molar-refractivity contribution in [2.45, 2.75) is 23.8 Å². The number of carbonyl (C=O) groups is 2. The molecule has 10 nitrogen and oxygen atoms in total. The standard InChI is InChI=1S/C24H28N4O6S/c29-23(26-14-22(24(30)31)28-35(32,33)19-4-2-1-3-5-19)21-13-17-12-18(6-7-20(17)27-21)34-15-16-8-10-25-11-9-16/h1-7,12-13,16,22,25,27-28H,8-11,14-15H2,(H,26,29)(H,30,31)/t22-/m0/s1/i12T. The Bertz CT molecular complexity index is 1340. The van der Waals surface area contributed by atoms with Crippen molar-refractivity contribution in [3.05, 3.63) is 60.3 Å². The number of aromatic amines is 1. The lowest BCUT2D eigenvalue weighted by atomic mass is 9.99. The number of sulfonamides is 1. The fraction of sp³-hybridized carbons (Fsp3) is 0.333. The molecule has 35 heavy (non-hydrogen) atoms. The number of hydrogen-bond donors (Lipinski definition) is 5. The number of ether oxygens (including phenoxy) is 1. The Labute approximate surface area is 204 Å². The Balaban J connectivity index is 1.41. The first-order chi connectivity index (χ1) is 17.2. The molecule has 3 aromatic rings. The Morgan fingerprint density at radius 3 is 2.63 bits per heavy atom. The average Bonchev–Trinajstić information content (AvgIpc) is 3.32.